The smallest absolute Gasteiger partial charge is 0.256 e. The average Bonchev–Trinajstić information content (AvgIpc) is 3.28. The molecule has 26 heavy (non-hydrogen) atoms. The molecule has 2 aliphatic heterocycles. The van der Waals surface area contributed by atoms with Gasteiger partial charge in [-0.05, 0) is 18.6 Å². The minimum absolute atomic E-state index is 0.0739. The van der Waals surface area contributed by atoms with Crippen molar-refractivity contribution >= 4 is 11.8 Å². The number of rotatable bonds is 3. The van der Waals surface area contributed by atoms with Crippen LogP contribution >= 0.6 is 0 Å². The van der Waals surface area contributed by atoms with E-state index in [2.05, 4.69) is 15.6 Å². The number of likely N-dealkylation sites (tertiary alicyclic amines) is 1. The highest BCUT2D eigenvalue weighted by molar-refractivity contribution is 5.98. The van der Waals surface area contributed by atoms with Crippen molar-refractivity contribution < 1.29 is 14.3 Å². The Hall–Kier alpha value is -2.74. The third-order valence-corrected chi connectivity index (χ3v) is 5.22. The Kier molecular flexibility index (Phi) is 4.20. The maximum absolute atomic E-state index is 13.2. The predicted octanol–water partition coefficient (Wildman–Crippen LogP) is 0.634. The Morgan fingerprint density at radius 1 is 1.35 bits per heavy atom. The minimum atomic E-state index is -0.401. The number of ether oxygens (including phenoxy) is 1. The van der Waals surface area contributed by atoms with Crippen molar-refractivity contribution in [2.45, 2.75) is 18.9 Å². The van der Waals surface area contributed by atoms with E-state index in [-0.39, 0.29) is 17.7 Å². The quantitative estimate of drug-likeness (QED) is 0.872. The summed E-state index contributed by atoms with van der Waals surface area (Å²) in [4.78, 5) is 26.8. The number of benzene rings is 1. The molecule has 8 nitrogen and oxygen atoms in total. The van der Waals surface area contributed by atoms with Crippen LogP contribution in [0, 0.1) is 5.92 Å². The molecule has 2 aromatic rings. The monoisotopic (exact) mass is 355 g/mol. The van der Waals surface area contributed by atoms with Crippen molar-refractivity contribution in [3.8, 4) is 5.69 Å². The zero-order chi connectivity index (χ0) is 18.1. The zero-order valence-electron chi connectivity index (χ0n) is 14.6. The molecule has 1 N–H and O–H groups in total. The number of hydrogen-bond acceptors (Lipinski definition) is 5. The van der Waals surface area contributed by atoms with Gasteiger partial charge in [-0.3, -0.25) is 9.59 Å². The van der Waals surface area contributed by atoms with Crippen LogP contribution in [0.5, 0.6) is 0 Å². The van der Waals surface area contributed by atoms with Gasteiger partial charge in [0.2, 0.25) is 5.91 Å². The molecule has 4 rings (SSSR count). The lowest BCUT2D eigenvalue weighted by molar-refractivity contribution is -0.122. The Balaban J connectivity index is 1.63. The number of nitrogens with one attached hydrogen (secondary N) is 1. The molecule has 3 heterocycles. The number of fused-ring (bicyclic) bond motifs is 1. The molecule has 0 saturated carbocycles. The molecule has 2 fully saturated rings. The molecular weight excluding hydrogens is 334 g/mol. The van der Waals surface area contributed by atoms with Crippen LogP contribution in [-0.4, -0.2) is 63.6 Å². The van der Waals surface area contributed by atoms with E-state index in [9.17, 15) is 9.59 Å². The van der Waals surface area contributed by atoms with Crippen molar-refractivity contribution in [2.24, 2.45) is 5.92 Å². The first kappa shape index (κ1) is 16.7. The van der Waals surface area contributed by atoms with Gasteiger partial charge in [-0.25, -0.2) is 4.68 Å². The first-order valence-corrected chi connectivity index (χ1v) is 8.70. The molecule has 0 spiro atoms. The molecule has 0 bridgehead atoms. The topological polar surface area (TPSA) is 89.4 Å². The summed E-state index contributed by atoms with van der Waals surface area (Å²) in [6.45, 7) is 3.71. The first-order valence-electron chi connectivity index (χ1n) is 8.70. The van der Waals surface area contributed by atoms with Crippen molar-refractivity contribution in [1.29, 1.82) is 0 Å². The van der Waals surface area contributed by atoms with Gasteiger partial charge in [0.1, 0.15) is 0 Å². The summed E-state index contributed by atoms with van der Waals surface area (Å²) in [5, 5.41) is 10.9. The van der Waals surface area contributed by atoms with Crippen molar-refractivity contribution in [3.05, 3.63) is 42.2 Å². The van der Waals surface area contributed by atoms with Crippen molar-refractivity contribution in [1.82, 2.24) is 25.2 Å². The van der Waals surface area contributed by atoms with E-state index >= 15 is 0 Å². The van der Waals surface area contributed by atoms with Crippen LogP contribution in [0.4, 0.5) is 0 Å². The first-order chi connectivity index (χ1) is 12.6. The second kappa shape index (κ2) is 6.53. The number of nitrogens with zero attached hydrogens (tertiary/aromatic N) is 4. The molecule has 2 saturated heterocycles. The Labute approximate surface area is 151 Å². The third kappa shape index (κ3) is 2.86. The van der Waals surface area contributed by atoms with Crippen LogP contribution < -0.4 is 5.32 Å². The predicted molar refractivity (Wildman–Crippen MR) is 92.7 cm³/mol. The highest BCUT2D eigenvalue weighted by Crippen LogP contribution is 2.35. The SMILES string of the molecule is CC(=O)NC12CCOCC1CN(C(=O)c1ccccc1-n1ccnn1)C2. The van der Waals surface area contributed by atoms with Crippen LogP contribution in [0.3, 0.4) is 0 Å². The van der Waals surface area contributed by atoms with Crippen LogP contribution in [0.15, 0.2) is 36.7 Å². The van der Waals surface area contributed by atoms with Gasteiger partial charge in [0.05, 0.1) is 35.8 Å². The fraction of sp³-hybridized carbons (Fsp3) is 0.444. The molecule has 1 aromatic carbocycles. The fourth-order valence-corrected chi connectivity index (χ4v) is 4.02. The number of amides is 2. The molecule has 1 aromatic heterocycles. The lowest BCUT2D eigenvalue weighted by Crippen LogP contribution is -2.57. The normalized spacial score (nSPS) is 25.0. The van der Waals surface area contributed by atoms with Gasteiger partial charge in [-0.2, -0.15) is 0 Å². The van der Waals surface area contributed by atoms with E-state index in [1.54, 1.807) is 23.1 Å². The highest BCUT2D eigenvalue weighted by atomic mass is 16.5. The molecule has 2 unspecified atom stereocenters. The molecule has 2 amide bonds. The Morgan fingerprint density at radius 3 is 2.96 bits per heavy atom. The Morgan fingerprint density at radius 2 is 2.19 bits per heavy atom. The average molecular weight is 355 g/mol. The van der Waals surface area contributed by atoms with Gasteiger partial charge in [0.25, 0.3) is 5.91 Å². The Bertz CT molecular complexity index is 822. The summed E-state index contributed by atoms with van der Waals surface area (Å²) >= 11 is 0. The maximum Gasteiger partial charge on any atom is 0.256 e. The lowest BCUT2D eigenvalue weighted by Gasteiger charge is -2.38. The van der Waals surface area contributed by atoms with Gasteiger partial charge in [0.15, 0.2) is 0 Å². The molecular formula is C18H21N5O3. The van der Waals surface area contributed by atoms with E-state index < -0.39 is 5.54 Å². The zero-order valence-corrected chi connectivity index (χ0v) is 14.6. The third-order valence-electron chi connectivity index (χ3n) is 5.22. The lowest BCUT2D eigenvalue weighted by atomic mass is 9.83. The number of carbonyl (C=O) groups excluding carboxylic acids is 2. The number of hydrogen-bond donors (Lipinski definition) is 1. The van der Waals surface area contributed by atoms with Crippen LogP contribution in [0.25, 0.3) is 5.69 Å². The highest BCUT2D eigenvalue weighted by Gasteiger charge is 2.50. The van der Waals surface area contributed by atoms with E-state index in [4.69, 9.17) is 4.74 Å². The van der Waals surface area contributed by atoms with E-state index in [1.807, 2.05) is 23.1 Å². The van der Waals surface area contributed by atoms with E-state index in [0.29, 0.717) is 44.0 Å². The molecule has 0 aliphatic carbocycles. The van der Waals surface area contributed by atoms with E-state index in [1.165, 1.54) is 6.92 Å². The summed E-state index contributed by atoms with van der Waals surface area (Å²) in [5.74, 6) is -0.0490. The summed E-state index contributed by atoms with van der Waals surface area (Å²) in [6.07, 6.45) is 4.00. The van der Waals surface area contributed by atoms with Crippen LogP contribution in [0.1, 0.15) is 23.7 Å². The van der Waals surface area contributed by atoms with Crippen LogP contribution in [-0.2, 0) is 9.53 Å². The summed E-state index contributed by atoms with van der Waals surface area (Å²) < 4.78 is 7.18. The number of carbonyl (C=O) groups is 2. The molecule has 0 radical (unpaired) electrons. The van der Waals surface area contributed by atoms with Gasteiger partial charge < -0.3 is 15.0 Å². The van der Waals surface area contributed by atoms with Gasteiger partial charge in [-0.1, -0.05) is 17.3 Å². The summed E-state index contributed by atoms with van der Waals surface area (Å²) in [7, 11) is 0. The molecule has 8 heteroatoms. The number of aromatic nitrogens is 3. The largest absolute Gasteiger partial charge is 0.381 e. The molecule has 2 aliphatic rings. The second-order valence-corrected chi connectivity index (χ2v) is 6.91. The molecule has 2 atom stereocenters. The van der Waals surface area contributed by atoms with Gasteiger partial charge in [-0.15, -0.1) is 5.10 Å². The van der Waals surface area contributed by atoms with Gasteiger partial charge in [0, 0.05) is 32.5 Å². The standard InChI is InChI=1S/C18H21N5O3/c1-13(24)20-18-6-9-26-11-14(18)10-22(12-18)17(25)15-4-2-3-5-16(15)23-8-7-19-21-23/h2-5,7-8,14H,6,9-12H2,1H3,(H,20,24). The molecule has 136 valence electrons. The van der Waals surface area contributed by atoms with Crippen molar-refractivity contribution in [2.75, 3.05) is 26.3 Å². The van der Waals surface area contributed by atoms with Gasteiger partial charge >= 0.3 is 0 Å². The second-order valence-electron chi connectivity index (χ2n) is 6.91. The van der Waals surface area contributed by atoms with Crippen LogP contribution in [0.2, 0.25) is 0 Å². The summed E-state index contributed by atoms with van der Waals surface area (Å²) in [6, 6.07) is 7.34. The summed E-state index contributed by atoms with van der Waals surface area (Å²) in [5.41, 5.74) is 0.854. The van der Waals surface area contributed by atoms with E-state index in [0.717, 1.165) is 0 Å². The fourth-order valence-electron chi connectivity index (χ4n) is 4.02. The minimum Gasteiger partial charge on any atom is -0.381 e. The van der Waals surface area contributed by atoms with Crippen molar-refractivity contribution in [3.63, 3.8) is 0 Å². The maximum atomic E-state index is 13.2. The number of para-hydroxylation sites is 1.